The van der Waals surface area contributed by atoms with E-state index in [0.717, 1.165) is 23.1 Å². The van der Waals surface area contributed by atoms with E-state index >= 15 is 0 Å². The number of nitrogens with zero attached hydrogens (tertiary/aromatic N) is 1. The molecule has 5 heteroatoms. The molecule has 1 aromatic heterocycles. The van der Waals surface area contributed by atoms with Crippen LogP contribution in [0.15, 0.2) is 56.3 Å². The minimum absolute atomic E-state index is 0.0734. The van der Waals surface area contributed by atoms with E-state index < -0.39 is 0 Å². The standard InChI is InChI=1S/C22H22BrNO3/c23-16-7-5-15(6-8-16)19-14-27-22-17(21(19)26)9-10-20(25)18(22)13-24-11-3-1-2-4-12-24/h5-10,14,25H,1-4,11-13H2. The Hall–Kier alpha value is -2.11. The van der Waals surface area contributed by atoms with Crippen LogP contribution in [0.25, 0.3) is 22.1 Å². The van der Waals surface area contributed by atoms with E-state index in [9.17, 15) is 9.90 Å². The average Bonchev–Trinajstić information content (AvgIpc) is 2.94. The molecule has 0 aliphatic carbocycles. The zero-order chi connectivity index (χ0) is 18.8. The van der Waals surface area contributed by atoms with Gasteiger partial charge in [0.15, 0.2) is 0 Å². The molecular weight excluding hydrogens is 406 g/mol. The van der Waals surface area contributed by atoms with E-state index in [4.69, 9.17) is 4.42 Å². The topological polar surface area (TPSA) is 53.7 Å². The Labute approximate surface area is 166 Å². The van der Waals surface area contributed by atoms with Crippen molar-refractivity contribution in [2.24, 2.45) is 0 Å². The molecule has 0 unspecified atom stereocenters. The highest BCUT2D eigenvalue weighted by Crippen LogP contribution is 2.30. The van der Waals surface area contributed by atoms with Crippen LogP contribution in [0.2, 0.25) is 0 Å². The van der Waals surface area contributed by atoms with Crippen molar-refractivity contribution in [2.45, 2.75) is 32.2 Å². The zero-order valence-electron chi connectivity index (χ0n) is 15.1. The highest BCUT2D eigenvalue weighted by atomic mass is 79.9. The van der Waals surface area contributed by atoms with E-state index in [0.29, 0.717) is 28.6 Å². The van der Waals surface area contributed by atoms with Crippen molar-refractivity contribution in [1.29, 1.82) is 0 Å². The Bertz CT molecular complexity index is 1000. The summed E-state index contributed by atoms with van der Waals surface area (Å²) in [5, 5.41) is 10.9. The maximum absolute atomic E-state index is 13.1. The molecule has 0 bridgehead atoms. The van der Waals surface area contributed by atoms with Crippen molar-refractivity contribution in [3.8, 4) is 16.9 Å². The summed E-state index contributed by atoms with van der Waals surface area (Å²) in [6.45, 7) is 2.62. The number of hydrogen-bond donors (Lipinski definition) is 1. The van der Waals surface area contributed by atoms with Gasteiger partial charge in [-0.25, -0.2) is 0 Å². The number of halogens is 1. The predicted octanol–water partition coefficient (Wildman–Crippen LogP) is 5.30. The number of phenolic OH excluding ortho intramolecular Hbond substituents is 1. The number of likely N-dealkylation sites (tertiary alicyclic amines) is 1. The van der Waals surface area contributed by atoms with Crippen LogP contribution < -0.4 is 5.43 Å². The van der Waals surface area contributed by atoms with Gasteiger partial charge in [0, 0.05) is 11.0 Å². The zero-order valence-corrected chi connectivity index (χ0v) is 16.7. The van der Waals surface area contributed by atoms with Gasteiger partial charge in [0.1, 0.15) is 17.6 Å². The Balaban J connectivity index is 1.77. The third-order valence-electron chi connectivity index (χ3n) is 5.26. The molecule has 1 saturated heterocycles. The van der Waals surface area contributed by atoms with Crippen molar-refractivity contribution < 1.29 is 9.52 Å². The van der Waals surface area contributed by atoms with Crippen molar-refractivity contribution >= 4 is 26.9 Å². The predicted molar refractivity (Wildman–Crippen MR) is 111 cm³/mol. The van der Waals surface area contributed by atoms with Gasteiger partial charge in [0.2, 0.25) is 5.43 Å². The lowest BCUT2D eigenvalue weighted by Gasteiger charge is -2.20. The highest BCUT2D eigenvalue weighted by Gasteiger charge is 2.18. The van der Waals surface area contributed by atoms with Crippen molar-refractivity contribution in [3.05, 3.63) is 62.9 Å². The first-order valence-corrected chi connectivity index (χ1v) is 10.2. The van der Waals surface area contributed by atoms with Crippen LogP contribution in [-0.4, -0.2) is 23.1 Å². The molecule has 1 aliphatic heterocycles. The molecule has 140 valence electrons. The van der Waals surface area contributed by atoms with Crippen molar-refractivity contribution in [1.82, 2.24) is 4.90 Å². The van der Waals surface area contributed by atoms with Crippen LogP contribution in [0, 0.1) is 0 Å². The van der Waals surface area contributed by atoms with Crippen LogP contribution in [-0.2, 0) is 6.54 Å². The van der Waals surface area contributed by atoms with E-state index in [2.05, 4.69) is 20.8 Å². The SMILES string of the molecule is O=c1c(-c2ccc(Br)cc2)coc2c(CN3CCCCCC3)c(O)ccc12. The fourth-order valence-corrected chi connectivity index (χ4v) is 4.01. The van der Waals surface area contributed by atoms with Gasteiger partial charge in [0.25, 0.3) is 0 Å². The van der Waals surface area contributed by atoms with Gasteiger partial charge in [-0.15, -0.1) is 0 Å². The molecule has 1 N–H and O–H groups in total. The molecule has 2 heterocycles. The molecule has 4 nitrogen and oxygen atoms in total. The summed E-state index contributed by atoms with van der Waals surface area (Å²) in [5.74, 6) is 0.186. The van der Waals surface area contributed by atoms with Crippen LogP contribution in [0.3, 0.4) is 0 Å². The normalized spacial score (nSPS) is 15.7. The average molecular weight is 428 g/mol. The third kappa shape index (κ3) is 3.80. The van der Waals surface area contributed by atoms with E-state index in [-0.39, 0.29) is 11.2 Å². The molecule has 27 heavy (non-hydrogen) atoms. The molecule has 0 amide bonds. The monoisotopic (exact) mass is 427 g/mol. The fraction of sp³-hybridized carbons (Fsp3) is 0.318. The number of benzene rings is 2. The maximum atomic E-state index is 13.1. The Morgan fingerprint density at radius 1 is 1.00 bits per heavy atom. The number of hydrogen-bond acceptors (Lipinski definition) is 4. The maximum Gasteiger partial charge on any atom is 0.200 e. The fourth-order valence-electron chi connectivity index (χ4n) is 3.75. The lowest BCUT2D eigenvalue weighted by atomic mass is 10.0. The molecule has 1 aliphatic rings. The lowest BCUT2D eigenvalue weighted by molar-refractivity contribution is 0.272. The highest BCUT2D eigenvalue weighted by molar-refractivity contribution is 9.10. The quantitative estimate of drug-likeness (QED) is 0.615. The first-order valence-electron chi connectivity index (χ1n) is 9.38. The van der Waals surface area contributed by atoms with Gasteiger partial charge >= 0.3 is 0 Å². The second kappa shape index (κ2) is 7.87. The first kappa shape index (κ1) is 18.3. The smallest absolute Gasteiger partial charge is 0.200 e. The lowest BCUT2D eigenvalue weighted by Crippen LogP contribution is -2.24. The molecular formula is C22H22BrNO3. The van der Waals surface area contributed by atoms with Crippen molar-refractivity contribution in [3.63, 3.8) is 0 Å². The van der Waals surface area contributed by atoms with Gasteiger partial charge in [-0.2, -0.15) is 0 Å². The van der Waals surface area contributed by atoms with Crippen LogP contribution in [0.5, 0.6) is 5.75 Å². The first-order chi connectivity index (χ1) is 13.1. The molecule has 0 spiro atoms. The summed E-state index contributed by atoms with van der Waals surface area (Å²) < 4.78 is 6.85. The third-order valence-corrected chi connectivity index (χ3v) is 5.78. The second-order valence-electron chi connectivity index (χ2n) is 7.12. The number of phenols is 1. The Morgan fingerprint density at radius 2 is 1.70 bits per heavy atom. The van der Waals surface area contributed by atoms with Gasteiger partial charge in [-0.3, -0.25) is 9.69 Å². The summed E-state index contributed by atoms with van der Waals surface area (Å²) in [6, 6.07) is 10.9. The van der Waals surface area contributed by atoms with Crippen molar-refractivity contribution in [2.75, 3.05) is 13.1 Å². The number of aromatic hydroxyl groups is 1. The summed E-state index contributed by atoms with van der Waals surface area (Å²) in [5.41, 5.74) is 2.46. The number of rotatable bonds is 3. The van der Waals surface area contributed by atoms with Gasteiger partial charge in [-0.05, 0) is 55.8 Å². The summed E-state index contributed by atoms with van der Waals surface area (Å²) in [7, 11) is 0. The van der Waals surface area contributed by atoms with E-state index in [1.54, 1.807) is 12.1 Å². The minimum Gasteiger partial charge on any atom is -0.507 e. The summed E-state index contributed by atoms with van der Waals surface area (Å²) in [6.07, 6.45) is 6.36. The summed E-state index contributed by atoms with van der Waals surface area (Å²) in [4.78, 5) is 15.4. The molecule has 3 aromatic rings. The number of fused-ring (bicyclic) bond motifs is 1. The van der Waals surface area contributed by atoms with Gasteiger partial charge < -0.3 is 9.52 Å². The molecule has 4 rings (SSSR count). The van der Waals surface area contributed by atoms with Crippen LogP contribution in [0.4, 0.5) is 0 Å². The van der Waals surface area contributed by atoms with E-state index in [1.807, 2.05) is 24.3 Å². The van der Waals surface area contributed by atoms with Gasteiger partial charge in [0.05, 0.1) is 16.5 Å². The molecule has 0 radical (unpaired) electrons. The minimum atomic E-state index is -0.0734. The van der Waals surface area contributed by atoms with Gasteiger partial charge in [-0.1, -0.05) is 40.9 Å². The molecule has 0 atom stereocenters. The van der Waals surface area contributed by atoms with E-state index in [1.165, 1.54) is 31.9 Å². The Kier molecular flexibility index (Phi) is 5.32. The summed E-state index contributed by atoms with van der Waals surface area (Å²) >= 11 is 3.41. The van der Waals surface area contributed by atoms with Crippen LogP contribution >= 0.6 is 15.9 Å². The molecule has 0 saturated carbocycles. The van der Waals surface area contributed by atoms with Crippen LogP contribution in [0.1, 0.15) is 31.2 Å². The Morgan fingerprint density at radius 3 is 2.41 bits per heavy atom. The second-order valence-corrected chi connectivity index (χ2v) is 8.03. The molecule has 1 fully saturated rings. The largest absolute Gasteiger partial charge is 0.507 e. The molecule has 2 aromatic carbocycles.